The Morgan fingerprint density at radius 3 is 2.92 bits per heavy atom. The molecule has 0 radical (unpaired) electrons. The van der Waals surface area contributed by atoms with Crippen molar-refractivity contribution in [2.45, 2.75) is 19.4 Å². The number of amidine groups is 1. The van der Waals surface area contributed by atoms with Crippen molar-refractivity contribution < 1.29 is 10.3 Å². The van der Waals surface area contributed by atoms with Crippen LogP contribution in [0.4, 0.5) is 0 Å². The first-order chi connectivity index (χ1) is 6.13. The normalized spacial score (nSPS) is 32.0. The molecular formula is C8H17N3O2. The maximum Gasteiger partial charge on any atom is 0.153 e. The van der Waals surface area contributed by atoms with Gasteiger partial charge < -0.3 is 16.0 Å². The SMILES string of the molecule is C[C@@H]1CN(C/C(N)=N\O)CC[C@@H]1O. The van der Waals surface area contributed by atoms with E-state index in [9.17, 15) is 5.11 Å². The first kappa shape index (κ1) is 10.3. The molecule has 0 aromatic carbocycles. The van der Waals surface area contributed by atoms with E-state index in [0.29, 0.717) is 6.54 Å². The number of rotatable bonds is 2. The van der Waals surface area contributed by atoms with Gasteiger partial charge in [0.1, 0.15) is 0 Å². The topological polar surface area (TPSA) is 82.1 Å². The van der Waals surface area contributed by atoms with Crippen LogP contribution in [0.25, 0.3) is 0 Å². The maximum atomic E-state index is 9.45. The van der Waals surface area contributed by atoms with Crippen LogP contribution in [0.5, 0.6) is 0 Å². The van der Waals surface area contributed by atoms with E-state index in [1.165, 1.54) is 0 Å². The van der Waals surface area contributed by atoms with Crippen LogP contribution in [0.1, 0.15) is 13.3 Å². The fourth-order valence-electron chi connectivity index (χ4n) is 1.62. The molecule has 0 aliphatic carbocycles. The Hall–Kier alpha value is -0.810. The molecule has 1 fully saturated rings. The van der Waals surface area contributed by atoms with Crippen LogP contribution in [0.2, 0.25) is 0 Å². The summed E-state index contributed by atoms with van der Waals surface area (Å²) in [5.74, 6) is 0.490. The summed E-state index contributed by atoms with van der Waals surface area (Å²) in [5, 5.41) is 20.7. The van der Waals surface area contributed by atoms with Gasteiger partial charge in [0.25, 0.3) is 0 Å². The van der Waals surface area contributed by atoms with Gasteiger partial charge in [-0.2, -0.15) is 0 Å². The van der Waals surface area contributed by atoms with E-state index in [0.717, 1.165) is 19.5 Å². The highest BCUT2D eigenvalue weighted by Crippen LogP contribution is 2.15. The van der Waals surface area contributed by atoms with Crippen molar-refractivity contribution in [3.63, 3.8) is 0 Å². The smallest absolute Gasteiger partial charge is 0.153 e. The van der Waals surface area contributed by atoms with E-state index < -0.39 is 0 Å². The molecule has 0 amide bonds. The minimum Gasteiger partial charge on any atom is -0.409 e. The third-order valence-corrected chi connectivity index (χ3v) is 2.46. The van der Waals surface area contributed by atoms with E-state index in [-0.39, 0.29) is 17.9 Å². The van der Waals surface area contributed by atoms with Gasteiger partial charge in [-0.3, -0.25) is 4.90 Å². The lowest BCUT2D eigenvalue weighted by Crippen LogP contribution is -2.45. The van der Waals surface area contributed by atoms with E-state index in [1.54, 1.807) is 0 Å². The van der Waals surface area contributed by atoms with Crippen molar-refractivity contribution in [3.8, 4) is 0 Å². The minimum absolute atomic E-state index is 0.205. The summed E-state index contributed by atoms with van der Waals surface area (Å²) in [6, 6.07) is 0. The predicted molar refractivity (Wildman–Crippen MR) is 49.6 cm³/mol. The molecule has 4 N–H and O–H groups in total. The van der Waals surface area contributed by atoms with Crippen LogP contribution >= 0.6 is 0 Å². The van der Waals surface area contributed by atoms with E-state index in [1.807, 2.05) is 6.92 Å². The lowest BCUT2D eigenvalue weighted by atomic mass is 9.97. The fraction of sp³-hybridized carbons (Fsp3) is 0.875. The van der Waals surface area contributed by atoms with Gasteiger partial charge in [-0.25, -0.2) is 0 Å². The number of nitrogens with two attached hydrogens (primary N) is 1. The second-order valence-electron chi connectivity index (χ2n) is 3.66. The van der Waals surface area contributed by atoms with Gasteiger partial charge in [-0.1, -0.05) is 12.1 Å². The fourth-order valence-corrected chi connectivity index (χ4v) is 1.62. The zero-order valence-corrected chi connectivity index (χ0v) is 7.85. The molecule has 1 heterocycles. The van der Waals surface area contributed by atoms with Crippen LogP contribution in [-0.2, 0) is 0 Å². The third kappa shape index (κ3) is 2.86. The van der Waals surface area contributed by atoms with Crippen molar-refractivity contribution in [1.29, 1.82) is 0 Å². The molecule has 1 saturated heterocycles. The van der Waals surface area contributed by atoms with E-state index in [2.05, 4.69) is 10.1 Å². The highest BCUT2D eigenvalue weighted by Gasteiger charge is 2.24. The number of aliphatic hydroxyl groups is 1. The Bertz CT molecular complexity index is 196. The number of hydrogen-bond acceptors (Lipinski definition) is 4. The van der Waals surface area contributed by atoms with Crippen LogP contribution in [0.15, 0.2) is 5.16 Å². The summed E-state index contributed by atoms with van der Waals surface area (Å²) < 4.78 is 0. The number of aliphatic hydroxyl groups excluding tert-OH is 1. The zero-order valence-electron chi connectivity index (χ0n) is 7.85. The number of hydrogen-bond donors (Lipinski definition) is 3. The van der Waals surface area contributed by atoms with Crippen molar-refractivity contribution in [2.75, 3.05) is 19.6 Å². The highest BCUT2D eigenvalue weighted by atomic mass is 16.4. The largest absolute Gasteiger partial charge is 0.409 e. The van der Waals surface area contributed by atoms with E-state index in [4.69, 9.17) is 10.9 Å². The van der Waals surface area contributed by atoms with Crippen LogP contribution in [0, 0.1) is 5.92 Å². The molecule has 76 valence electrons. The van der Waals surface area contributed by atoms with Crippen molar-refractivity contribution >= 4 is 5.84 Å². The molecule has 13 heavy (non-hydrogen) atoms. The average molecular weight is 187 g/mol. The molecule has 2 atom stereocenters. The zero-order chi connectivity index (χ0) is 9.84. The minimum atomic E-state index is -0.205. The Morgan fingerprint density at radius 1 is 1.69 bits per heavy atom. The number of nitrogens with zero attached hydrogens (tertiary/aromatic N) is 2. The third-order valence-electron chi connectivity index (χ3n) is 2.46. The van der Waals surface area contributed by atoms with Crippen molar-refractivity contribution in [2.24, 2.45) is 16.8 Å². The standard InChI is InChI=1S/C8H17N3O2/c1-6-4-11(3-2-7(6)12)5-8(9)10-13/h6-7,12-13H,2-5H2,1H3,(H2,9,10)/t6-,7+/m1/s1. The van der Waals surface area contributed by atoms with Crippen LogP contribution in [0.3, 0.4) is 0 Å². The van der Waals surface area contributed by atoms with Crippen molar-refractivity contribution in [3.05, 3.63) is 0 Å². The molecule has 0 saturated carbocycles. The molecule has 0 bridgehead atoms. The summed E-state index contributed by atoms with van der Waals surface area (Å²) in [6.45, 7) is 4.09. The molecule has 0 unspecified atom stereocenters. The Kier molecular flexibility index (Phi) is 3.50. The predicted octanol–water partition coefficient (Wildman–Crippen LogP) is -0.564. The van der Waals surface area contributed by atoms with Gasteiger partial charge in [0.15, 0.2) is 5.84 Å². The molecule has 0 aromatic rings. The van der Waals surface area contributed by atoms with E-state index >= 15 is 0 Å². The summed E-state index contributed by atoms with van der Waals surface area (Å²) in [7, 11) is 0. The van der Waals surface area contributed by atoms with Gasteiger partial charge >= 0.3 is 0 Å². The molecule has 1 aliphatic heterocycles. The average Bonchev–Trinajstić information content (AvgIpc) is 2.11. The number of oxime groups is 1. The summed E-state index contributed by atoms with van der Waals surface area (Å²) in [4.78, 5) is 2.08. The molecular weight excluding hydrogens is 170 g/mol. The highest BCUT2D eigenvalue weighted by molar-refractivity contribution is 5.81. The second kappa shape index (κ2) is 4.43. The van der Waals surface area contributed by atoms with Crippen molar-refractivity contribution in [1.82, 2.24) is 4.90 Å². The Labute approximate surface area is 77.8 Å². The first-order valence-corrected chi connectivity index (χ1v) is 4.50. The molecule has 1 rings (SSSR count). The van der Waals surface area contributed by atoms with Crippen LogP contribution < -0.4 is 5.73 Å². The first-order valence-electron chi connectivity index (χ1n) is 4.50. The Balaban J connectivity index is 2.37. The maximum absolute atomic E-state index is 9.45. The second-order valence-corrected chi connectivity index (χ2v) is 3.66. The Morgan fingerprint density at radius 2 is 2.38 bits per heavy atom. The number of piperidine rings is 1. The summed E-state index contributed by atoms with van der Waals surface area (Å²) in [5.41, 5.74) is 5.38. The molecule has 0 spiro atoms. The summed E-state index contributed by atoms with van der Waals surface area (Å²) >= 11 is 0. The van der Waals surface area contributed by atoms with Crippen LogP contribution in [-0.4, -0.2) is 46.8 Å². The van der Waals surface area contributed by atoms with Gasteiger partial charge in [0, 0.05) is 13.1 Å². The van der Waals surface area contributed by atoms with Gasteiger partial charge in [0.2, 0.25) is 0 Å². The lowest BCUT2D eigenvalue weighted by Gasteiger charge is -2.33. The van der Waals surface area contributed by atoms with Gasteiger partial charge in [-0.15, -0.1) is 0 Å². The number of likely N-dealkylation sites (tertiary alicyclic amines) is 1. The molecule has 5 nitrogen and oxygen atoms in total. The molecule has 5 heteroatoms. The summed E-state index contributed by atoms with van der Waals surface area (Å²) in [6.07, 6.45) is 0.559. The quantitative estimate of drug-likeness (QED) is 0.234. The lowest BCUT2D eigenvalue weighted by molar-refractivity contribution is 0.0408. The molecule has 1 aliphatic rings. The van der Waals surface area contributed by atoms with Gasteiger partial charge in [-0.05, 0) is 12.3 Å². The van der Waals surface area contributed by atoms with Gasteiger partial charge in [0.05, 0.1) is 12.6 Å². The molecule has 0 aromatic heterocycles. The monoisotopic (exact) mass is 187 g/mol.